The molecule has 2 aromatic rings. The van der Waals surface area contributed by atoms with Gasteiger partial charge in [-0.05, 0) is 38.1 Å². The van der Waals surface area contributed by atoms with Gasteiger partial charge in [0, 0.05) is 15.9 Å². The lowest BCUT2D eigenvalue weighted by Crippen LogP contribution is -2.46. The summed E-state index contributed by atoms with van der Waals surface area (Å²) in [6.45, 7) is 3.39. The van der Waals surface area contributed by atoms with E-state index in [2.05, 4.69) is 10.3 Å². The van der Waals surface area contributed by atoms with Crippen LogP contribution in [-0.2, 0) is 0 Å². The van der Waals surface area contributed by atoms with E-state index in [1.54, 1.807) is 32.0 Å². The van der Waals surface area contributed by atoms with Gasteiger partial charge in [-0.25, -0.2) is 0 Å². The summed E-state index contributed by atoms with van der Waals surface area (Å²) in [4.78, 5) is 15.0. The van der Waals surface area contributed by atoms with Crippen molar-refractivity contribution < 1.29 is 9.90 Å². The largest absolute Gasteiger partial charge is 0.394 e. The summed E-state index contributed by atoms with van der Waals surface area (Å²) < 4.78 is 0. The number of hydrogen-bond donors (Lipinski definition) is 3. The fourth-order valence-corrected chi connectivity index (χ4v) is 1.82. The van der Waals surface area contributed by atoms with Gasteiger partial charge in [0.05, 0.1) is 12.1 Å². The predicted octanol–water partition coefficient (Wildman–Crippen LogP) is 2.32. The number of carbonyl (C=O) groups is 1. The summed E-state index contributed by atoms with van der Waals surface area (Å²) in [5.41, 5.74) is 0.659. The second-order valence-corrected chi connectivity index (χ2v) is 5.35. The molecule has 1 amide bonds. The zero-order valence-electron chi connectivity index (χ0n) is 10.2. The highest BCUT2D eigenvalue weighted by Crippen LogP contribution is 2.20. The van der Waals surface area contributed by atoms with Gasteiger partial charge in [-0.3, -0.25) is 4.79 Å². The number of carbonyl (C=O) groups excluding carboxylic acids is 1. The van der Waals surface area contributed by atoms with E-state index in [4.69, 9.17) is 16.7 Å². The maximum absolute atomic E-state index is 12.0. The van der Waals surface area contributed by atoms with Crippen LogP contribution in [0, 0.1) is 0 Å². The Balaban J connectivity index is 2.28. The minimum atomic E-state index is -0.647. The molecule has 0 aliphatic heterocycles. The van der Waals surface area contributed by atoms with Crippen molar-refractivity contribution in [3.05, 3.63) is 35.0 Å². The Morgan fingerprint density at radius 3 is 2.83 bits per heavy atom. The summed E-state index contributed by atoms with van der Waals surface area (Å²) in [6.07, 6.45) is 0. The van der Waals surface area contributed by atoms with Gasteiger partial charge in [0.15, 0.2) is 0 Å². The van der Waals surface area contributed by atoms with Crippen LogP contribution < -0.4 is 5.32 Å². The van der Waals surface area contributed by atoms with Crippen LogP contribution in [-0.4, -0.2) is 28.1 Å². The average Bonchev–Trinajstić information content (AvgIpc) is 2.71. The quantitative estimate of drug-likeness (QED) is 0.798. The Kier molecular flexibility index (Phi) is 3.32. The molecule has 18 heavy (non-hydrogen) atoms. The average molecular weight is 267 g/mol. The molecule has 5 heteroatoms. The predicted molar refractivity (Wildman–Crippen MR) is 71.9 cm³/mol. The number of aromatic nitrogens is 1. The first-order valence-corrected chi connectivity index (χ1v) is 6.01. The normalized spacial score (nSPS) is 11.8. The molecule has 4 nitrogen and oxygen atoms in total. The van der Waals surface area contributed by atoms with Crippen LogP contribution >= 0.6 is 11.6 Å². The second kappa shape index (κ2) is 4.63. The molecular formula is C13H15ClN2O2. The lowest BCUT2D eigenvalue weighted by Gasteiger charge is -2.22. The number of hydrogen-bond acceptors (Lipinski definition) is 2. The highest BCUT2D eigenvalue weighted by atomic mass is 35.5. The third-order valence-corrected chi connectivity index (χ3v) is 2.91. The number of halogens is 1. The Morgan fingerprint density at radius 2 is 2.17 bits per heavy atom. The summed E-state index contributed by atoms with van der Waals surface area (Å²) in [5, 5.41) is 13.4. The van der Waals surface area contributed by atoms with Crippen LogP contribution in [0.5, 0.6) is 0 Å². The molecule has 1 aromatic carbocycles. The molecule has 1 heterocycles. The standard InChI is InChI=1S/C13H15ClN2O2/c1-13(2,7-17)16-12(18)11-6-8-5-9(14)3-4-10(8)15-11/h3-6,15,17H,7H2,1-2H3,(H,16,18). The molecule has 0 radical (unpaired) electrons. The van der Waals surface area contributed by atoms with E-state index >= 15 is 0 Å². The highest BCUT2D eigenvalue weighted by Gasteiger charge is 2.20. The van der Waals surface area contributed by atoms with Crippen molar-refractivity contribution in [1.29, 1.82) is 0 Å². The topological polar surface area (TPSA) is 65.1 Å². The zero-order valence-corrected chi connectivity index (χ0v) is 11.0. The number of H-pyrrole nitrogens is 1. The molecule has 0 aliphatic carbocycles. The van der Waals surface area contributed by atoms with Gasteiger partial charge < -0.3 is 15.4 Å². The summed E-state index contributed by atoms with van der Waals surface area (Å²) in [7, 11) is 0. The smallest absolute Gasteiger partial charge is 0.268 e. The van der Waals surface area contributed by atoms with Gasteiger partial charge in [-0.15, -0.1) is 0 Å². The second-order valence-electron chi connectivity index (χ2n) is 4.91. The van der Waals surface area contributed by atoms with E-state index in [9.17, 15) is 4.79 Å². The molecule has 2 rings (SSSR count). The van der Waals surface area contributed by atoms with Gasteiger partial charge in [0.2, 0.25) is 0 Å². The SMILES string of the molecule is CC(C)(CO)NC(=O)c1cc2cc(Cl)ccc2[nH]1. The first-order valence-electron chi connectivity index (χ1n) is 5.63. The van der Waals surface area contributed by atoms with Crippen molar-refractivity contribution >= 4 is 28.4 Å². The molecule has 0 unspecified atom stereocenters. The van der Waals surface area contributed by atoms with Crippen molar-refractivity contribution in [1.82, 2.24) is 10.3 Å². The first kappa shape index (κ1) is 12.9. The monoisotopic (exact) mass is 266 g/mol. The van der Waals surface area contributed by atoms with Gasteiger partial charge in [0.1, 0.15) is 5.69 Å². The van der Waals surface area contributed by atoms with E-state index in [0.717, 1.165) is 10.9 Å². The molecule has 0 saturated heterocycles. The molecule has 1 aromatic heterocycles. The molecule has 0 saturated carbocycles. The summed E-state index contributed by atoms with van der Waals surface area (Å²) in [5.74, 6) is -0.249. The molecule has 0 spiro atoms. The molecule has 0 fully saturated rings. The number of aliphatic hydroxyl groups excluding tert-OH is 1. The molecule has 0 atom stereocenters. The van der Waals surface area contributed by atoms with E-state index in [-0.39, 0.29) is 12.5 Å². The number of aromatic amines is 1. The van der Waals surface area contributed by atoms with Crippen LogP contribution in [0.25, 0.3) is 10.9 Å². The molecule has 3 N–H and O–H groups in total. The van der Waals surface area contributed by atoms with Crippen LogP contribution in [0.15, 0.2) is 24.3 Å². The number of nitrogens with one attached hydrogen (secondary N) is 2. The van der Waals surface area contributed by atoms with E-state index in [0.29, 0.717) is 10.7 Å². The molecule has 0 bridgehead atoms. The van der Waals surface area contributed by atoms with Crippen molar-refractivity contribution in [3.63, 3.8) is 0 Å². The number of fused-ring (bicyclic) bond motifs is 1. The number of rotatable bonds is 3. The Morgan fingerprint density at radius 1 is 1.44 bits per heavy atom. The van der Waals surface area contributed by atoms with Crippen LogP contribution in [0.1, 0.15) is 24.3 Å². The minimum Gasteiger partial charge on any atom is -0.394 e. The van der Waals surface area contributed by atoms with Crippen LogP contribution in [0.2, 0.25) is 5.02 Å². The molecule has 0 aliphatic rings. The first-order chi connectivity index (χ1) is 8.41. The Hall–Kier alpha value is -1.52. The highest BCUT2D eigenvalue weighted by molar-refractivity contribution is 6.31. The van der Waals surface area contributed by atoms with Crippen molar-refractivity contribution in [2.75, 3.05) is 6.61 Å². The Bertz CT molecular complexity index is 590. The van der Waals surface area contributed by atoms with E-state index < -0.39 is 5.54 Å². The molecular weight excluding hydrogens is 252 g/mol. The van der Waals surface area contributed by atoms with Crippen molar-refractivity contribution in [2.24, 2.45) is 0 Å². The maximum Gasteiger partial charge on any atom is 0.268 e. The fourth-order valence-electron chi connectivity index (χ4n) is 1.64. The van der Waals surface area contributed by atoms with Gasteiger partial charge >= 0.3 is 0 Å². The summed E-state index contributed by atoms with van der Waals surface area (Å²) >= 11 is 5.89. The van der Waals surface area contributed by atoms with Gasteiger partial charge in [-0.1, -0.05) is 11.6 Å². The maximum atomic E-state index is 12.0. The van der Waals surface area contributed by atoms with Crippen molar-refractivity contribution in [3.8, 4) is 0 Å². The third-order valence-electron chi connectivity index (χ3n) is 2.67. The molecule has 96 valence electrons. The van der Waals surface area contributed by atoms with Crippen molar-refractivity contribution in [2.45, 2.75) is 19.4 Å². The number of aliphatic hydroxyl groups is 1. The number of benzene rings is 1. The van der Waals surface area contributed by atoms with E-state index in [1.165, 1.54) is 0 Å². The van der Waals surface area contributed by atoms with Crippen LogP contribution in [0.3, 0.4) is 0 Å². The number of amides is 1. The van der Waals surface area contributed by atoms with Gasteiger partial charge in [-0.2, -0.15) is 0 Å². The third kappa shape index (κ3) is 2.66. The minimum absolute atomic E-state index is 0.120. The fraction of sp³-hybridized carbons (Fsp3) is 0.308. The summed E-state index contributed by atoms with van der Waals surface area (Å²) in [6, 6.07) is 7.12. The lowest BCUT2D eigenvalue weighted by molar-refractivity contribution is 0.0865. The van der Waals surface area contributed by atoms with Crippen LogP contribution in [0.4, 0.5) is 0 Å². The Labute approximate surface area is 110 Å². The zero-order chi connectivity index (χ0) is 13.3. The van der Waals surface area contributed by atoms with E-state index in [1.807, 2.05) is 6.07 Å². The van der Waals surface area contributed by atoms with Gasteiger partial charge in [0.25, 0.3) is 5.91 Å². The lowest BCUT2D eigenvalue weighted by atomic mass is 10.1.